The van der Waals surface area contributed by atoms with E-state index in [0.29, 0.717) is 6.61 Å². The SMILES string of the molecule is Br.CCCCCCCCCCCCCCOCC(OCCCCCCCCCCCCCC)C(C)(C)N. The predicted octanol–water partition coefficient (Wildman–Crippen LogP) is 11.1. The zero-order valence-corrected chi connectivity index (χ0v) is 27.7. The first kappa shape index (κ1) is 39.5. The summed E-state index contributed by atoms with van der Waals surface area (Å²) in [5, 5.41) is 0. The molecule has 0 rings (SSSR count). The molecular weight excluding hydrogens is 522 g/mol. The van der Waals surface area contributed by atoms with Crippen LogP contribution in [-0.2, 0) is 9.47 Å². The molecule has 226 valence electrons. The summed E-state index contributed by atoms with van der Waals surface area (Å²) in [5.41, 5.74) is 6.02. The molecule has 0 saturated heterocycles. The van der Waals surface area contributed by atoms with Crippen molar-refractivity contribution in [2.45, 2.75) is 193 Å². The average molecular weight is 593 g/mol. The molecule has 0 fully saturated rings. The molecule has 0 aliphatic rings. The Labute approximate surface area is 244 Å². The second-order valence-electron chi connectivity index (χ2n) is 12.0. The van der Waals surface area contributed by atoms with E-state index < -0.39 is 0 Å². The molecule has 0 radical (unpaired) electrons. The highest BCUT2D eigenvalue weighted by molar-refractivity contribution is 8.93. The van der Waals surface area contributed by atoms with E-state index in [-0.39, 0.29) is 28.6 Å². The van der Waals surface area contributed by atoms with E-state index in [1.807, 2.05) is 0 Å². The maximum atomic E-state index is 6.38. The number of rotatable bonds is 30. The Morgan fingerprint density at radius 3 is 1.11 bits per heavy atom. The minimum atomic E-state index is -0.354. The first-order valence-electron chi connectivity index (χ1n) is 16.5. The van der Waals surface area contributed by atoms with Gasteiger partial charge < -0.3 is 15.2 Å². The lowest BCUT2D eigenvalue weighted by molar-refractivity contribution is -0.0494. The van der Waals surface area contributed by atoms with Gasteiger partial charge in [0.2, 0.25) is 0 Å². The molecule has 0 aromatic heterocycles. The Morgan fingerprint density at radius 1 is 0.486 bits per heavy atom. The van der Waals surface area contributed by atoms with Crippen LogP contribution in [0.1, 0.15) is 182 Å². The number of unbranched alkanes of at least 4 members (excludes halogenated alkanes) is 22. The maximum Gasteiger partial charge on any atom is 0.0981 e. The van der Waals surface area contributed by atoms with Crippen molar-refractivity contribution in [3.05, 3.63) is 0 Å². The van der Waals surface area contributed by atoms with Gasteiger partial charge in [-0.3, -0.25) is 0 Å². The second kappa shape index (κ2) is 30.9. The Bertz CT molecular complexity index is 414. The summed E-state index contributed by atoms with van der Waals surface area (Å²) in [4.78, 5) is 0. The van der Waals surface area contributed by atoms with Gasteiger partial charge >= 0.3 is 0 Å². The summed E-state index contributed by atoms with van der Waals surface area (Å²) in [6.07, 6.45) is 32.9. The van der Waals surface area contributed by atoms with Crippen molar-refractivity contribution >= 4 is 17.0 Å². The van der Waals surface area contributed by atoms with Crippen molar-refractivity contribution in [1.29, 1.82) is 0 Å². The summed E-state index contributed by atoms with van der Waals surface area (Å²) in [7, 11) is 0. The van der Waals surface area contributed by atoms with Crippen molar-refractivity contribution in [1.82, 2.24) is 0 Å². The average Bonchev–Trinajstić information content (AvgIpc) is 2.85. The van der Waals surface area contributed by atoms with E-state index in [4.69, 9.17) is 15.2 Å². The van der Waals surface area contributed by atoms with E-state index >= 15 is 0 Å². The van der Waals surface area contributed by atoms with Gasteiger partial charge in [-0.2, -0.15) is 0 Å². The second-order valence-corrected chi connectivity index (χ2v) is 12.0. The largest absolute Gasteiger partial charge is 0.379 e. The maximum absolute atomic E-state index is 6.38. The van der Waals surface area contributed by atoms with Crippen LogP contribution >= 0.6 is 17.0 Å². The fraction of sp³-hybridized carbons (Fsp3) is 1.00. The zero-order valence-electron chi connectivity index (χ0n) is 26.0. The molecule has 0 spiro atoms. The standard InChI is InChI=1S/C33H69NO2.BrH/c1-5-7-9-11-13-15-17-19-21-23-25-27-29-35-31-32(33(3,4)34)36-30-28-26-24-22-20-18-16-14-12-10-8-6-2;/h32H,5-31,34H2,1-4H3;1H. The lowest BCUT2D eigenvalue weighted by atomic mass is 9.99. The molecule has 3 nitrogen and oxygen atoms in total. The van der Waals surface area contributed by atoms with Crippen LogP contribution in [0.2, 0.25) is 0 Å². The molecule has 1 unspecified atom stereocenters. The molecule has 1 atom stereocenters. The van der Waals surface area contributed by atoms with E-state index in [1.165, 1.54) is 141 Å². The van der Waals surface area contributed by atoms with Gasteiger partial charge in [-0.15, -0.1) is 17.0 Å². The zero-order chi connectivity index (χ0) is 26.6. The smallest absolute Gasteiger partial charge is 0.0981 e. The van der Waals surface area contributed by atoms with E-state index in [0.717, 1.165) is 26.1 Å². The van der Waals surface area contributed by atoms with Crippen LogP contribution in [0.5, 0.6) is 0 Å². The summed E-state index contributed by atoms with van der Waals surface area (Å²) in [6.45, 7) is 11.0. The van der Waals surface area contributed by atoms with E-state index in [2.05, 4.69) is 27.7 Å². The van der Waals surface area contributed by atoms with Gasteiger partial charge in [-0.25, -0.2) is 0 Å². The third-order valence-electron chi connectivity index (χ3n) is 7.56. The summed E-state index contributed by atoms with van der Waals surface area (Å²) >= 11 is 0. The molecule has 0 aliphatic carbocycles. The van der Waals surface area contributed by atoms with Gasteiger partial charge in [0.25, 0.3) is 0 Å². The van der Waals surface area contributed by atoms with E-state index in [9.17, 15) is 0 Å². The third-order valence-corrected chi connectivity index (χ3v) is 7.56. The summed E-state index contributed by atoms with van der Waals surface area (Å²) < 4.78 is 12.1. The molecule has 0 saturated carbocycles. The minimum absolute atomic E-state index is 0. The Hall–Kier alpha value is 0.360. The van der Waals surface area contributed by atoms with Crippen LogP contribution < -0.4 is 5.73 Å². The van der Waals surface area contributed by atoms with Crippen LogP contribution in [0, 0.1) is 0 Å². The molecule has 37 heavy (non-hydrogen) atoms. The first-order valence-corrected chi connectivity index (χ1v) is 16.5. The molecule has 0 aliphatic heterocycles. The highest BCUT2D eigenvalue weighted by Gasteiger charge is 2.26. The molecular formula is C33H70BrNO2. The van der Waals surface area contributed by atoms with Gasteiger partial charge in [0.1, 0.15) is 0 Å². The fourth-order valence-electron chi connectivity index (χ4n) is 4.88. The Kier molecular flexibility index (Phi) is 33.0. The topological polar surface area (TPSA) is 44.5 Å². The quantitative estimate of drug-likeness (QED) is 0.0844. The van der Waals surface area contributed by atoms with Crippen LogP contribution in [0.25, 0.3) is 0 Å². The summed E-state index contributed by atoms with van der Waals surface area (Å²) in [5.74, 6) is 0. The lowest BCUT2D eigenvalue weighted by Crippen LogP contribution is -2.49. The molecule has 0 aromatic carbocycles. The van der Waals surface area contributed by atoms with Crippen LogP contribution in [0.3, 0.4) is 0 Å². The molecule has 0 bridgehead atoms. The molecule has 0 aromatic rings. The van der Waals surface area contributed by atoms with Gasteiger partial charge in [0, 0.05) is 18.8 Å². The van der Waals surface area contributed by atoms with Crippen LogP contribution in [0.15, 0.2) is 0 Å². The Morgan fingerprint density at radius 2 is 0.784 bits per heavy atom. The van der Waals surface area contributed by atoms with Crippen molar-refractivity contribution in [2.75, 3.05) is 19.8 Å². The monoisotopic (exact) mass is 591 g/mol. The van der Waals surface area contributed by atoms with Gasteiger partial charge in [-0.1, -0.05) is 155 Å². The first-order chi connectivity index (χ1) is 17.5. The minimum Gasteiger partial charge on any atom is -0.379 e. The molecule has 0 heterocycles. The van der Waals surface area contributed by atoms with E-state index in [1.54, 1.807) is 0 Å². The third kappa shape index (κ3) is 30.8. The van der Waals surface area contributed by atoms with Crippen molar-refractivity contribution < 1.29 is 9.47 Å². The van der Waals surface area contributed by atoms with Crippen LogP contribution in [0.4, 0.5) is 0 Å². The molecule has 2 N–H and O–H groups in total. The number of halogens is 1. The molecule has 0 amide bonds. The summed E-state index contributed by atoms with van der Waals surface area (Å²) in [6, 6.07) is 0. The normalized spacial score (nSPS) is 12.6. The molecule has 4 heteroatoms. The number of hydrogen-bond donors (Lipinski definition) is 1. The predicted molar refractivity (Wildman–Crippen MR) is 171 cm³/mol. The van der Waals surface area contributed by atoms with Crippen LogP contribution in [-0.4, -0.2) is 31.5 Å². The van der Waals surface area contributed by atoms with Crippen molar-refractivity contribution in [3.8, 4) is 0 Å². The van der Waals surface area contributed by atoms with Gasteiger partial charge in [-0.05, 0) is 26.7 Å². The fourth-order valence-corrected chi connectivity index (χ4v) is 4.88. The van der Waals surface area contributed by atoms with Gasteiger partial charge in [0.15, 0.2) is 0 Å². The number of ether oxygens (including phenoxy) is 2. The van der Waals surface area contributed by atoms with Crippen molar-refractivity contribution in [3.63, 3.8) is 0 Å². The lowest BCUT2D eigenvalue weighted by Gasteiger charge is -2.30. The number of nitrogens with two attached hydrogens (primary N) is 1. The van der Waals surface area contributed by atoms with Gasteiger partial charge in [0.05, 0.1) is 12.7 Å². The highest BCUT2D eigenvalue weighted by atomic mass is 79.9. The number of hydrogen-bond acceptors (Lipinski definition) is 3. The van der Waals surface area contributed by atoms with Crippen molar-refractivity contribution in [2.24, 2.45) is 5.73 Å². The highest BCUT2D eigenvalue weighted by Crippen LogP contribution is 2.15. The Balaban J connectivity index is 0.